The second-order valence-corrected chi connectivity index (χ2v) is 5.20. The molecule has 0 bridgehead atoms. The smallest absolute Gasteiger partial charge is 0.254 e. The molecule has 6 heteroatoms. The average molecular weight is 307 g/mol. The Kier molecular flexibility index (Phi) is 3.85. The van der Waals surface area contributed by atoms with Crippen LogP contribution < -0.4 is 4.57 Å². The molecule has 3 nitrogen and oxygen atoms in total. The monoisotopic (exact) mass is 305 g/mol. The molecule has 2 aromatic rings. The standard InChI is InChI=1S/C12H12Cl3N2O/c1-7-16(2)11-3-9(14)10(15)4-12(11)17(7)6-8(18)5-13/h3-4H,5-6H2,1-2H3/q+1. The van der Waals surface area contributed by atoms with Crippen molar-refractivity contribution in [1.82, 2.24) is 4.57 Å². The molecule has 0 aliphatic carbocycles. The number of nitrogens with zero attached hydrogens (tertiary/aromatic N) is 2. The van der Waals surface area contributed by atoms with Gasteiger partial charge in [-0.1, -0.05) is 23.2 Å². The first-order chi connectivity index (χ1) is 8.45. The predicted molar refractivity (Wildman–Crippen MR) is 73.6 cm³/mol. The predicted octanol–water partition coefficient (Wildman–Crippen LogP) is 2.89. The molecule has 1 aromatic carbocycles. The van der Waals surface area contributed by atoms with Gasteiger partial charge in [0, 0.05) is 19.1 Å². The van der Waals surface area contributed by atoms with Crippen LogP contribution in [0.15, 0.2) is 12.1 Å². The van der Waals surface area contributed by atoms with E-state index in [1.165, 1.54) is 0 Å². The number of aromatic nitrogens is 2. The van der Waals surface area contributed by atoms with Crippen molar-refractivity contribution in [1.29, 1.82) is 0 Å². The van der Waals surface area contributed by atoms with Gasteiger partial charge < -0.3 is 0 Å². The fourth-order valence-electron chi connectivity index (χ4n) is 1.96. The Hall–Kier alpha value is -0.770. The van der Waals surface area contributed by atoms with Crippen molar-refractivity contribution in [2.24, 2.45) is 7.05 Å². The number of alkyl halides is 1. The summed E-state index contributed by atoms with van der Waals surface area (Å²) in [5.41, 5.74) is 1.81. The molecule has 0 unspecified atom stereocenters. The lowest BCUT2D eigenvalue weighted by molar-refractivity contribution is -0.652. The fourth-order valence-corrected chi connectivity index (χ4v) is 2.36. The average Bonchev–Trinajstić information content (AvgIpc) is 2.56. The minimum absolute atomic E-state index is 0.00412. The van der Waals surface area contributed by atoms with E-state index in [1.807, 2.05) is 23.1 Å². The van der Waals surface area contributed by atoms with E-state index in [0.717, 1.165) is 16.9 Å². The lowest BCUT2D eigenvalue weighted by atomic mass is 10.3. The summed E-state index contributed by atoms with van der Waals surface area (Å²) in [6.45, 7) is 2.17. The summed E-state index contributed by atoms with van der Waals surface area (Å²) in [4.78, 5) is 11.5. The van der Waals surface area contributed by atoms with Gasteiger partial charge in [0.05, 0.1) is 23.0 Å². The molecule has 1 heterocycles. The van der Waals surface area contributed by atoms with Gasteiger partial charge in [-0.15, -0.1) is 11.6 Å². The lowest BCUT2D eigenvalue weighted by Crippen LogP contribution is -2.31. The van der Waals surface area contributed by atoms with Crippen LogP contribution in [-0.2, 0) is 18.4 Å². The zero-order valence-corrected chi connectivity index (χ0v) is 12.3. The largest absolute Gasteiger partial charge is 0.294 e. The Labute approximate surface area is 120 Å². The molecule has 1 aromatic heterocycles. The Bertz CT molecular complexity index is 634. The van der Waals surface area contributed by atoms with E-state index >= 15 is 0 Å². The third-order valence-corrected chi connectivity index (χ3v) is 4.05. The first kappa shape index (κ1) is 13.7. The number of hydrogen-bond donors (Lipinski definition) is 0. The van der Waals surface area contributed by atoms with Crippen LogP contribution >= 0.6 is 34.8 Å². The van der Waals surface area contributed by atoms with Gasteiger partial charge in [0.15, 0.2) is 23.4 Å². The number of hydrogen-bond acceptors (Lipinski definition) is 1. The second kappa shape index (κ2) is 5.08. The number of imidazole rings is 1. The third-order valence-electron chi connectivity index (χ3n) is 3.03. The highest BCUT2D eigenvalue weighted by Gasteiger charge is 2.22. The van der Waals surface area contributed by atoms with E-state index in [1.54, 1.807) is 12.1 Å². The van der Waals surface area contributed by atoms with Crippen molar-refractivity contribution >= 4 is 51.6 Å². The Morgan fingerprint density at radius 3 is 2.56 bits per heavy atom. The molecular formula is C12H12Cl3N2O+. The van der Waals surface area contributed by atoms with E-state index in [2.05, 4.69) is 0 Å². The van der Waals surface area contributed by atoms with Crippen LogP contribution in [0.4, 0.5) is 0 Å². The quantitative estimate of drug-likeness (QED) is 0.632. The van der Waals surface area contributed by atoms with Crippen molar-refractivity contribution in [2.45, 2.75) is 13.5 Å². The van der Waals surface area contributed by atoms with Crippen molar-refractivity contribution in [3.63, 3.8) is 0 Å². The lowest BCUT2D eigenvalue weighted by Gasteiger charge is -1.98. The van der Waals surface area contributed by atoms with Crippen molar-refractivity contribution in [2.75, 3.05) is 5.88 Å². The minimum Gasteiger partial charge on any atom is -0.294 e. The Balaban J connectivity index is 2.69. The van der Waals surface area contributed by atoms with Gasteiger partial charge in [0.1, 0.15) is 0 Å². The van der Waals surface area contributed by atoms with Crippen LogP contribution in [0.2, 0.25) is 10.0 Å². The van der Waals surface area contributed by atoms with E-state index in [0.29, 0.717) is 10.0 Å². The molecule has 0 atom stereocenters. The summed E-state index contributed by atoms with van der Waals surface area (Å²) in [6.07, 6.45) is 0. The van der Waals surface area contributed by atoms with Crippen LogP contribution in [0.3, 0.4) is 0 Å². The first-order valence-electron chi connectivity index (χ1n) is 5.37. The molecule has 0 N–H and O–H groups in total. The number of ketones is 1. The molecule has 96 valence electrons. The third kappa shape index (κ3) is 2.22. The number of benzene rings is 1. The number of aryl methyl sites for hydroxylation is 1. The molecule has 0 fully saturated rings. The molecule has 18 heavy (non-hydrogen) atoms. The zero-order valence-electron chi connectivity index (χ0n) is 10.0. The number of carbonyl (C=O) groups excluding carboxylic acids is 1. The van der Waals surface area contributed by atoms with Crippen LogP contribution in [-0.4, -0.2) is 16.2 Å². The van der Waals surface area contributed by atoms with Crippen molar-refractivity contribution in [3.05, 3.63) is 28.0 Å². The highest BCUT2D eigenvalue weighted by atomic mass is 35.5. The maximum absolute atomic E-state index is 11.5. The minimum atomic E-state index is -0.0386. The topological polar surface area (TPSA) is 25.9 Å². The number of halogens is 3. The van der Waals surface area contributed by atoms with Crippen LogP contribution in [0.25, 0.3) is 11.0 Å². The van der Waals surface area contributed by atoms with Crippen LogP contribution in [0, 0.1) is 6.92 Å². The molecule has 0 aliphatic rings. The fraction of sp³-hybridized carbons (Fsp3) is 0.333. The van der Waals surface area contributed by atoms with E-state index in [-0.39, 0.29) is 18.2 Å². The van der Waals surface area contributed by atoms with Gasteiger partial charge in [-0.3, -0.25) is 4.79 Å². The SMILES string of the molecule is Cc1n(CC(=O)CCl)c2cc(Cl)c(Cl)cc2[n+]1C. The van der Waals surface area contributed by atoms with Gasteiger partial charge in [-0.05, 0) is 0 Å². The molecule has 0 aliphatic heterocycles. The van der Waals surface area contributed by atoms with Crippen LogP contribution in [0.1, 0.15) is 5.82 Å². The zero-order chi connectivity index (χ0) is 13.4. The second-order valence-electron chi connectivity index (χ2n) is 4.12. The van der Waals surface area contributed by atoms with E-state index in [4.69, 9.17) is 34.8 Å². The van der Waals surface area contributed by atoms with Gasteiger partial charge in [-0.25, -0.2) is 9.13 Å². The molecule has 0 saturated heterocycles. The maximum Gasteiger partial charge on any atom is 0.254 e. The van der Waals surface area contributed by atoms with E-state index in [9.17, 15) is 4.79 Å². The molecule has 2 rings (SSSR count). The van der Waals surface area contributed by atoms with Gasteiger partial charge in [0.2, 0.25) is 0 Å². The molecule has 0 saturated carbocycles. The summed E-state index contributed by atoms with van der Waals surface area (Å²) in [5.74, 6) is 0.912. The molecular weight excluding hydrogens is 295 g/mol. The highest BCUT2D eigenvalue weighted by molar-refractivity contribution is 6.42. The number of Topliss-reactive ketones (excluding diaryl/α,β-unsaturated/α-hetero) is 1. The summed E-state index contributed by atoms with van der Waals surface area (Å²) < 4.78 is 3.86. The highest BCUT2D eigenvalue weighted by Crippen LogP contribution is 2.27. The number of rotatable bonds is 3. The molecule has 0 radical (unpaired) electrons. The Morgan fingerprint density at radius 2 is 1.94 bits per heavy atom. The maximum atomic E-state index is 11.5. The number of carbonyl (C=O) groups is 1. The van der Waals surface area contributed by atoms with Crippen molar-refractivity contribution in [3.8, 4) is 0 Å². The molecule has 0 amide bonds. The summed E-state index contributed by atoms with van der Waals surface area (Å²) in [7, 11) is 1.92. The van der Waals surface area contributed by atoms with Gasteiger partial charge >= 0.3 is 0 Å². The number of fused-ring (bicyclic) bond motifs is 1. The summed E-state index contributed by atoms with van der Waals surface area (Å²) in [6, 6.07) is 3.57. The summed E-state index contributed by atoms with van der Waals surface area (Å²) in [5, 5.41) is 0.974. The first-order valence-corrected chi connectivity index (χ1v) is 6.66. The van der Waals surface area contributed by atoms with Crippen LogP contribution in [0.5, 0.6) is 0 Å². The Morgan fingerprint density at radius 1 is 1.33 bits per heavy atom. The van der Waals surface area contributed by atoms with E-state index < -0.39 is 0 Å². The normalized spacial score (nSPS) is 11.2. The van der Waals surface area contributed by atoms with Gasteiger partial charge in [-0.2, -0.15) is 0 Å². The summed E-state index contributed by atoms with van der Waals surface area (Å²) >= 11 is 17.6. The molecule has 0 spiro atoms. The van der Waals surface area contributed by atoms with Gasteiger partial charge in [0.25, 0.3) is 5.82 Å². The van der Waals surface area contributed by atoms with Crippen molar-refractivity contribution < 1.29 is 9.36 Å².